The molecule has 1 amide bonds. The molecule has 1 heterocycles. The number of hydrogen-bond acceptors (Lipinski definition) is 3. The number of hydrogen-bond donors (Lipinski definition) is 2. The summed E-state index contributed by atoms with van der Waals surface area (Å²) in [6.07, 6.45) is 6.01. The summed E-state index contributed by atoms with van der Waals surface area (Å²) < 4.78 is 0. The summed E-state index contributed by atoms with van der Waals surface area (Å²) in [5.41, 5.74) is 0. The molecule has 1 saturated carbocycles. The molecule has 0 aromatic carbocycles. The van der Waals surface area contributed by atoms with Gasteiger partial charge in [0.05, 0.1) is 12.5 Å². The van der Waals surface area contributed by atoms with Gasteiger partial charge in [-0.3, -0.25) is 9.59 Å². The zero-order valence-corrected chi connectivity index (χ0v) is 11.6. The molecular weight excluding hydrogens is 244 g/mol. The van der Waals surface area contributed by atoms with Crippen LogP contribution in [-0.4, -0.2) is 47.1 Å². The van der Waals surface area contributed by atoms with E-state index in [-0.39, 0.29) is 17.9 Å². The number of likely N-dealkylation sites (tertiary alicyclic amines) is 1. The highest BCUT2D eigenvalue weighted by Gasteiger charge is 2.32. The van der Waals surface area contributed by atoms with Gasteiger partial charge in [-0.1, -0.05) is 12.8 Å². The number of amides is 1. The lowest BCUT2D eigenvalue weighted by molar-refractivity contribution is -0.147. The fourth-order valence-corrected chi connectivity index (χ4v) is 3.23. The van der Waals surface area contributed by atoms with E-state index in [0.717, 1.165) is 0 Å². The number of carbonyl (C=O) groups excluding carboxylic acids is 1. The summed E-state index contributed by atoms with van der Waals surface area (Å²) in [6, 6.07) is 0.531. The Morgan fingerprint density at radius 1 is 1.26 bits per heavy atom. The van der Waals surface area contributed by atoms with Gasteiger partial charge in [-0.15, -0.1) is 0 Å². The second-order valence-corrected chi connectivity index (χ2v) is 5.86. The van der Waals surface area contributed by atoms with E-state index in [9.17, 15) is 9.59 Å². The molecule has 2 fully saturated rings. The topological polar surface area (TPSA) is 69.6 Å². The van der Waals surface area contributed by atoms with Crippen molar-refractivity contribution in [1.82, 2.24) is 10.2 Å². The Hall–Kier alpha value is -1.10. The zero-order valence-electron chi connectivity index (χ0n) is 11.6. The van der Waals surface area contributed by atoms with Gasteiger partial charge in [-0.05, 0) is 32.6 Å². The van der Waals surface area contributed by atoms with Crippen molar-refractivity contribution in [3.05, 3.63) is 0 Å². The predicted octanol–water partition coefficient (Wildman–Crippen LogP) is 1.23. The smallest absolute Gasteiger partial charge is 0.306 e. The monoisotopic (exact) mass is 268 g/mol. The minimum atomic E-state index is -0.733. The Morgan fingerprint density at radius 2 is 1.95 bits per heavy atom. The van der Waals surface area contributed by atoms with E-state index >= 15 is 0 Å². The van der Waals surface area contributed by atoms with Gasteiger partial charge >= 0.3 is 5.97 Å². The zero-order chi connectivity index (χ0) is 13.8. The van der Waals surface area contributed by atoms with Crippen LogP contribution in [0, 0.1) is 5.92 Å². The number of carboxylic acid groups (broad SMARTS) is 1. The Kier molecular flexibility index (Phi) is 4.80. The molecule has 1 aliphatic carbocycles. The lowest BCUT2D eigenvalue weighted by Crippen LogP contribution is -2.49. The van der Waals surface area contributed by atoms with Crippen LogP contribution in [0.5, 0.6) is 0 Å². The molecule has 1 aliphatic heterocycles. The largest absolute Gasteiger partial charge is 0.481 e. The SMILES string of the molecule is CC1CC(C(=O)O)CCN1C(=O)CNC1CCCC1. The van der Waals surface area contributed by atoms with Crippen molar-refractivity contribution in [1.29, 1.82) is 0 Å². The molecule has 2 aliphatic rings. The van der Waals surface area contributed by atoms with Crippen molar-refractivity contribution in [3.8, 4) is 0 Å². The number of aliphatic carboxylic acids is 1. The second-order valence-electron chi connectivity index (χ2n) is 5.86. The van der Waals surface area contributed by atoms with Gasteiger partial charge in [0.2, 0.25) is 5.91 Å². The van der Waals surface area contributed by atoms with E-state index in [1.807, 2.05) is 11.8 Å². The normalized spacial score (nSPS) is 28.6. The third-order valence-corrected chi connectivity index (χ3v) is 4.44. The van der Waals surface area contributed by atoms with Crippen molar-refractivity contribution in [2.75, 3.05) is 13.1 Å². The number of nitrogens with zero attached hydrogens (tertiary/aromatic N) is 1. The van der Waals surface area contributed by atoms with E-state index < -0.39 is 5.97 Å². The Labute approximate surface area is 114 Å². The number of carboxylic acids is 1. The third kappa shape index (κ3) is 3.69. The second kappa shape index (κ2) is 6.37. The van der Waals surface area contributed by atoms with E-state index in [0.29, 0.717) is 32.0 Å². The predicted molar refractivity (Wildman–Crippen MR) is 71.8 cm³/mol. The lowest BCUT2D eigenvalue weighted by Gasteiger charge is -2.36. The lowest BCUT2D eigenvalue weighted by atomic mass is 9.91. The summed E-state index contributed by atoms with van der Waals surface area (Å²) >= 11 is 0. The number of rotatable bonds is 4. The maximum absolute atomic E-state index is 12.2. The van der Waals surface area contributed by atoms with Gasteiger partial charge in [0.15, 0.2) is 0 Å². The first-order valence-electron chi connectivity index (χ1n) is 7.33. The van der Waals surface area contributed by atoms with Crippen LogP contribution in [0.1, 0.15) is 45.4 Å². The third-order valence-electron chi connectivity index (χ3n) is 4.44. The Balaban J connectivity index is 1.77. The van der Waals surface area contributed by atoms with Crippen LogP contribution in [0.15, 0.2) is 0 Å². The van der Waals surface area contributed by atoms with Crippen LogP contribution in [0.3, 0.4) is 0 Å². The van der Waals surface area contributed by atoms with Gasteiger partial charge in [0.1, 0.15) is 0 Å². The molecule has 2 rings (SSSR count). The first kappa shape index (κ1) is 14.3. The van der Waals surface area contributed by atoms with E-state index in [1.54, 1.807) is 0 Å². The quantitative estimate of drug-likeness (QED) is 0.804. The van der Waals surface area contributed by atoms with Crippen molar-refractivity contribution in [2.24, 2.45) is 5.92 Å². The van der Waals surface area contributed by atoms with Crippen molar-refractivity contribution >= 4 is 11.9 Å². The molecule has 0 radical (unpaired) electrons. The first-order valence-corrected chi connectivity index (χ1v) is 7.33. The number of nitrogens with one attached hydrogen (secondary N) is 1. The van der Waals surface area contributed by atoms with Gasteiger partial charge in [-0.2, -0.15) is 0 Å². The molecule has 0 spiro atoms. The molecule has 0 bridgehead atoms. The fourth-order valence-electron chi connectivity index (χ4n) is 3.23. The minimum absolute atomic E-state index is 0.0349. The van der Waals surface area contributed by atoms with E-state index in [1.165, 1.54) is 25.7 Å². The molecule has 5 nitrogen and oxygen atoms in total. The number of carbonyl (C=O) groups is 2. The van der Waals surface area contributed by atoms with Gasteiger partial charge in [0, 0.05) is 18.6 Å². The molecule has 2 N–H and O–H groups in total. The molecule has 2 unspecified atom stereocenters. The summed E-state index contributed by atoms with van der Waals surface area (Å²) in [5, 5.41) is 12.3. The van der Waals surface area contributed by atoms with Crippen molar-refractivity contribution in [2.45, 2.75) is 57.5 Å². The van der Waals surface area contributed by atoms with Crippen LogP contribution in [-0.2, 0) is 9.59 Å². The Morgan fingerprint density at radius 3 is 2.53 bits per heavy atom. The van der Waals surface area contributed by atoms with Crippen LogP contribution in [0.2, 0.25) is 0 Å². The highest BCUT2D eigenvalue weighted by molar-refractivity contribution is 5.79. The first-order chi connectivity index (χ1) is 9.08. The minimum Gasteiger partial charge on any atom is -0.481 e. The summed E-state index contributed by atoms with van der Waals surface area (Å²) in [4.78, 5) is 25.0. The maximum atomic E-state index is 12.2. The summed E-state index contributed by atoms with van der Waals surface area (Å²) in [5.74, 6) is -0.909. The molecule has 5 heteroatoms. The maximum Gasteiger partial charge on any atom is 0.306 e. The van der Waals surface area contributed by atoms with Crippen LogP contribution < -0.4 is 5.32 Å². The molecule has 108 valence electrons. The van der Waals surface area contributed by atoms with Crippen molar-refractivity contribution in [3.63, 3.8) is 0 Å². The van der Waals surface area contributed by atoms with Crippen molar-refractivity contribution < 1.29 is 14.7 Å². The summed E-state index contributed by atoms with van der Waals surface area (Å²) in [7, 11) is 0. The average molecular weight is 268 g/mol. The number of piperidine rings is 1. The average Bonchev–Trinajstić information content (AvgIpc) is 2.88. The standard InChI is InChI=1S/C14H24N2O3/c1-10-8-11(14(18)19)6-7-16(10)13(17)9-15-12-4-2-3-5-12/h10-12,15H,2-9H2,1H3,(H,18,19). The molecule has 1 saturated heterocycles. The molecule has 0 aromatic rings. The van der Waals surface area contributed by atoms with E-state index in [4.69, 9.17) is 5.11 Å². The Bertz CT molecular complexity index is 340. The molecular formula is C14H24N2O3. The molecule has 2 atom stereocenters. The van der Waals surface area contributed by atoms with Crippen LogP contribution >= 0.6 is 0 Å². The highest BCUT2D eigenvalue weighted by Crippen LogP contribution is 2.23. The molecule has 0 aromatic heterocycles. The van der Waals surface area contributed by atoms with Gasteiger partial charge in [-0.25, -0.2) is 0 Å². The highest BCUT2D eigenvalue weighted by atomic mass is 16.4. The van der Waals surface area contributed by atoms with Crippen LogP contribution in [0.4, 0.5) is 0 Å². The van der Waals surface area contributed by atoms with Crippen LogP contribution in [0.25, 0.3) is 0 Å². The van der Waals surface area contributed by atoms with Gasteiger partial charge < -0.3 is 15.3 Å². The molecule has 19 heavy (non-hydrogen) atoms. The van der Waals surface area contributed by atoms with E-state index in [2.05, 4.69) is 5.32 Å². The van der Waals surface area contributed by atoms with Gasteiger partial charge in [0.25, 0.3) is 0 Å². The fraction of sp³-hybridized carbons (Fsp3) is 0.857. The summed E-state index contributed by atoms with van der Waals surface area (Å²) in [6.45, 7) is 2.92.